The standard InChI is InChI=1S/C13H18BrN3O2/c1-13(2,3)17-11(18)8-15-12(19)16-10-6-4-5-9(14)7-10/h4-7H,8H2,1-3H3,(H,17,18)(H2,15,16,19). The van der Waals surface area contributed by atoms with Gasteiger partial charge in [-0.3, -0.25) is 4.79 Å². The first-order valence-electron chi connectivity index (χ1n) is 5.88. The average Bonchev–Trinajstić information content (AvgIpc) is 2.24. The lowest BCUT2D eigenvalue weighted by Crippen LogP contribution is -2.46. The second-order valence-electron chi connectivity index (χ2n) is 5.12. The lowest BCUT2D eigenvalue weighted by molar-refractivity contribution is -0.121. The third-order valence-corrected chi connectivity index (χ3v) is 2.50. The van der Waals surface area contributed by atoms with E-state index in [0.29, 0.717) is 5.69 Å². The van der Waals surface area contributed by atoms with Crippen molar-refractivity contribution in [3.63, 3.8) is 0 Å². The number of amides is 3. The lowest BCUT2D eigenvalue weighted by atomic mass is 10.1. The molecule has 0 aliphatic heterocycles. The van der Waals surface area contributed by atoms with Crippen molar-refractivity contribution in [1.82, 2.24) is 10.6 Å². The van der Waals surface area contributed by atoms with E-state index in [1.54, 1.807) is 12.1 Å². The maximum atomic E-state index is 11.6. The van der Waals surface area contributed by atoms with Crippen LogP contribution in [0.15, 0.2) is 28.7 Å². The van der Waals surface area contributed by atoms with Crippen molar-refractivity contribution in [3.05, 3.63) is 28.7 Å². The topological polar surface area (TPSA) is 70.2 Å². The van der Waals surface area contributed by atoms with Gasteiger partial charge in [0.15, 0.2) is 0 Å². The molecule has 0 spiro atoms. The van der Waals surface area contributed by atoms with Gasteiger partial charge in [-0.2, -0.15) is 0 Å². The third kappa shape index (κ3) is 6.81. The van der Waals surface area contributed by atoms with Crippen LogP contribution in [0, 0.1) is 0 Å². The highest BCUT2D eigenvalue weighted by Crippen LogP contribution is 2.15. The molecule has 0 unspecified atom stereocenters. The normalized spacial score (nSPS) is 10.7. The summed E-state index contributed by atoms with van der Waals surface area (Å²) in [5.41, 5.74) is 0.350. The van der Waals surface area contributed by atoms with Crippen LogP contribution < -0.4 is 16.0 Å². The molecular formula is C13H18BrN3O2. The highest BCUT2D eigenvalue weighted by Gasteiger charge is 2.14. The maximum absolute atomic E-state index is 11.6. The predicted molar refractivity (Wildman–Crippen MR) is 79.1 cm³/mol. The monoisotopic (exact) mass is 327 g/mol. The Morgan fingerprint density at radius 1 is 1.26 bits per heavy atom. The van der Waals surface area contributed by atoms with Crippen molar-refractivity contribution in [2.45, 2.75) is 26.3 Å². The SMILES string of the molecule is CC(C)(C)NC(=O)CNC(=O)Nc1cccc(Br)c1. The van der Waals surface area contributed by atoms with Gasteiger partial charge >= 0.3 is 6.03 Å². The summed E-state index contributed by atoms with van der Waals surface area (Å²) < 4.78 is 0.871. The highest BCUT2D eigenvalue weighted by atomic mass is 79.9. The summed E-state index contributed by atoms with van der Waals surface area (Å²) >= 11 is 3.31. The molecule has 0 atom stereocenters. The minimum absolute atomic E-state index is 0.0584. The molecule has 0 bridgehead atoms. The van der Waals surface area contributed by atoms with Crippen LogP contribution in [-0.2, 0) is 4.79 Å². The minimum Gasteiger partial charge on any atom is -0.350 e. The number of hydrogen-bond acceptors (Lipinski definition) is 2. The second kappa shape index (κ2) is 6.56. The van der Waals surface area contributed by atoms with E-state index in [-0.39, 0.29) is 18.0 Å². The summed E-state index contributed by atoms with van der Waals surface area (Å²) in [6, 6.07) is 6.79. The highest BCUT2D eigenvalue weighted by molar-refractivity contribution is 9.10. The first-order valence-corrected chi connectivity index (χ1v) is 6.67. The number of carbonyl (C=O) groups is 2. The van der Waals surface area contributed by atoms with Crippen molar-refractivity contribution in [3.8, 4) is 0 Å². The lowest BCUT2D eigenvalue weighted by Gasteiger charge is -2.20. The summed E-state index contributed by atoms with van der Waals surface area (Å²) in [5, 5.41) is 7.89. The number of carbonyl (C=O) groups excluding carboxylic acids is 2. The number of anilines is 1. The number of halogens is 1. The molecule has 0 aliphatic carbocycles. The molecule has 1 rings (SSSR count). The molecule has 1 aromatic carbocycles. The minimum atomic E-state index is -0.415. The molecule has 0 saturated heterocycles. The van der Waals surface area contributed by atoms with Gasteiger partial charge in [0, 0.05) is 15.7 Å². The molecule has 104 valence electrons. The van der Waals surface area contributed by atoms with Crippen LogP contribution in [0.3, 0.4) is 0 Å². The van der Waals surface area contributed by atoms with E-state index >= 15 is 0 Å². The summed E-state index contributed by atoms with van der Waals surface area (Å²) in [7, 11) is 0. The number of hydrogen-bond donors (Lipinski definition) is 3. The molecule has 0 heterocycles. The van der Waals surface area contributed by atoms with Gasteiger partial charge in [0.2, 0.25) is 5.91 Å². The zero-order valence-electron chi connectivity index (χ0n) is 11.2. The molecule has 0 fully saturated rings. The van der Waals surface area contributed by atoms with Gasteiger partial charge in [-0.25, -0.2) is 4.79 Å². The molecule has 3 amide bonds. The van der Waals surface area contributed by atoms with Crippen LogP contribution in [0.5, 0.6) is 0 Å². The molecule has 19 heavy (non-hydrogen) atoms. The van der Waals surface area contributed by atoms with Crippen LogP contribution in [0.1, 0.15) is 20.8 Å². The van der Waals surface area contributed by atoms with E-state index in [4.69, 9.17) is 0 Å². The van der Waals surface area contributed by atoms with E-state index < -0.39 is 6.03 Å². The Morgan fingerprint density at radius 3 is 2.53 bits per heavy atom. The van der Waals surface area contributed by atoms with Gasteiger partial charge in [-0.15, -0.1) is 0 Å². The number of benzene rings is 1. The molecule has 0 saturated carbocycles. The van der Waals surface area contributed by atoms with Gasteiger partial charge in [0.1, 0.15) is 0 Å². The van der Waals surface area contributed by atoms with E-state index in [1.165, 1.54) is 0 Å². The van der Waals surface area contributed by atoms with Gasteiger partial charge < -0.3 is 16.0 Å². The van der Waals surface area contributed by atoms with Crippen molar-refractivity contribution in [1.29, 1.82) is 0 Å². The van der Waals surface area contributed by atoms with Crippen LogP contribution in [0.2, 0.25) is 0 Å². The van der Waals surface area contributed by atoms with Gasteiger partial charge in [0.05, 0.1) is 6.54 Å². The Morgan fingerprint density at radius 2 is 1.95 bits per heavy atom. The van der Waals surface area contributed by atoms with Gasteiger partial charge in [0.25, 0.3) is 0 Å². The average molecular weight is 328 g/mol. The van der Waals surface area contributed by atoms with Crippen LogP contribution in [0.25, 0.3) is 0 Å². The fourth-order valence-electron chi connectivity index (χ4n) is 1.36. The van der Waals surface area contributed by atoms with Crippen LogP contribution in [0.4, 0.5) is 10.5 Å². The Bertz CT molecular complexity index is 469. The van der Waals surface area contributed by atoms with E-state index in [2.05, 4.69) is 31.9 Å². The van der Waals surface area contributed by atoms with Gasteiger partial charge in [-0.05, 0) is 39.0 Å². The van der Waals surface area contributed by atoms with Crippen molar-refractivity contribution < 1.29 is 9.59 Å². The molecule has 6 heteroatoms. The molecule has 3 N–H and O–H groups in total. The predicted octanol–water partition coefficient (Wildman–Crippen LogP) is 2.49. The smallest absolute Gasteiger partial charge is 0.319 e. The molecule has 1 aromatic rings. The van der Waals surface area contributed by atoms with Crippen molar-refractivity contribution >= 4 is 33.6 Å². The van der Waals surface area contributed by atoms with Crippen LogP contribution in [-0.4, -0.2) is 24.0 Å². The first-order chi connectivity index (χ1) is 8.76. The Hall–Kier alpha value is -1.56. The molecule has 0 aromatic heterocycles. The van der Waals surface area contributed by atoms with Crippen molar-refractivity contribution in [2.75, 3.05) is 11.9 Å². The quantitative estimate of drug-likeness (QED) is 0.798. The first kappa shape index (κ1) is 15.5. The zero-order chi connectivity index (χ0) is 14.5. The van der Waals surface area contributed by atoms with Crippen LogP contribution >= 0.6 is 15.9 Å². The van der Waals surface area contributed by atoms with E-state index in [0.717, 1.165) is 4.47 Å². The van der Waals surface area contributed by atoms with Gasteiger partial charge in [-0.1, -0.05) is 22.0 Å². The molecule has 5 nitrogen and oxygen atoms in total. The summed E-state index contributed by atoms with van der Waals surface area (Å²) in [6.45, 7) is 5.59. The number of nitrogens with one attached hydrogen (secondary N) is 3. The van der Waals surface area contributed by atoms with E-state index in [1.807, 2.05) is 32.9 Å². The third-order valence-electron chi connectivity index (χ3n) is 2.01. The van der Waals surface area contributed by atoms with Crippen molar-refractivity contribution in [2.24, 2.45) is 0 Å². The second-order valence-corrected chi connectivity index (χ2v) is 6.03. The summed E-state index contributed by atoms with van der Waals surface area (Å²) in [6.07, 6.45) is 0. The fraction of sp³-hybridized carbons (Fsp3) is 0.385. The Balaban J connectivity index is 2.38. The molecule has 0 radical (unpaired) electrons. The van der Waals surface area contributed by atoms with E-state index in [9.17, 15) is 9.59 Å². The maximum Gasteiger partial charge on any atom is 0.319 e. The Kier molecular flexibility index (Phi) is 5.35. The Labute approximate surface area is 121 Å². The largest absolute Gasteiger partial charge is 0.350 e. The molecular weight excluding hydrogens is 310 g/mol. The number of rotatable bonds is 3. The molecule has 0 aliphatic rings. The summed E-state index contributed by atoms with van der Waals surface area (Å²) in [4.78, 5) is 23.1. The number of urea groups is 1. The zero-order valence-corrected chi connectivity index (χ0v) is 12.8. The fourth-order valence-corrected chi connectivity index (χ4v) is 1.76. The summed E-state index contributed by atoms with van der Waals surface area (Å²) in [5.74, 6) is -0.225.